The molecule has 1 aliphatic heterocycles. The van der Waals surface area contributed by atoms with Gasteiger partial charge in [-0.25, -0.2) is 0 Å². The van der Waals surface area contributed by atoms with Gasteiger partial charge in [-0.05, 0) is 12.1 Å². The second-order valence-electron chi connectivity index (χ2n) is 3.38. The molecule has 5 nitrogen and oxygen atoms in total. The second-order valence-corrected chi connectivity index (χ2v) is 3.38. The van der Waals surface area contributed by atoms with Crippen molar-refractivity contribution in [3.63, 3.8) is 0 Å². The molecule has 15 heavy (non-hydrogen) atoms. The van der Waals surface area contributed by atoms with Crippen LogP contribution in [0.5, 0.6) is 0 Å². The van der Waals surface area contributed by atoms with Gasteiger partial charge in [0.05, 0.1) is 0 Å². The van der Waals surface area contributed by atoms with E-state index in [4.69, 9.17) is 0 Å². The Kier molecular flexibility index (Phi) is 2.68. The molecule has 1 aliphatic rings. The van der Waals surface area contributed by atoms with Crippen molar-refractivity contribution < 1.29 is 9.90 Å². The van der Waals surface area contributed by atoms with Gasteiger partial charge in [-0.2, -0.15) is 0 Å². The molecule has 80 valence electrons. The maximum atomic E-state index is 11.7. The first-order valence-corrected chi connectivity index (χ1v) is 4.80. The minimum Gasteiger partial charge on any atom is -0.356 e. The van der Waals surface area contributed by atoms with E-state index in [0.29, 0.717) is 18.8 Å². The van der Waals surface area contributed by atoms with E-state index in [9.17, 15) is 9.90 Å². The highest BCUT2D eigenvalue weighted by molar-refractivity contribution is 5.96. The lowest BCUT2D eigenvalue weighted by atomic mass is 10.3. The molecule has 0 bridgehead atoms. The zero-order chi connectivity index (χ0) is 10.7. The number of hydrogen-bond donors (Lipinski definition) is 4. The maximum absolute atomic E-state index is 11.7. The molecule has 4 N–H and O–H groups in total. The molecule has 0 saturated carbocycles. The van der Waals surface area contributed by atoms with Crippen LogP contribution < -0.4 is 16.0 Å². The quantitative estimate of drug-likeness (QED) is 0.526. The summed E-state index contributed by atoms with van der Waals surface area (Å²) < 4.78 is 0. The van der Waals surface area contributed by atoms with Crippen molar-refractivity contribution in [1.82, 2.24) is 10.6 Å². The van der Waals surface area contributed by atoms with E-state index in [1.807, 2.05) is 18.2 Å². The van der Waals surface area contributed by atoms with Crippen molar-refractivity contribution in [3.8, 4) is 0 Å². The fourth-order valence-electron chi connectivity index (χ4n) is 1.45. The molecule has 1 aromatic rings. The number of aliphatic hydroxyl groups is 1. The lowest BCUT2D eigenvalue weighted by molar-refractivity contribution is -0.138. The molecule has 0 radical (unpaired) electrons. The number of anilines is 1. The van der Waals surface area contributed by atoms with Crippen molar-refractivity contribution in [2.24, 2.45) is 0 Å². The summed E-state index contributed by atoms with van der Waals surface area (Å²) in [6, 6.07) is 9.01. The van der Waals surface area contributed by atoms with Crippen molar-refractivity contribution in [1.29, 1.82) is 0 Å². The fourth-order valence-corrected chi connectivity index (χ4v) is 1.45. The van der Waals surface area contributed by atoms with Gasteiger partial charge in [-0.1, -0.05) is 18.2 Å². The van der Waals surface area contributed by atoms with Crippen molar-refractivity contribution in [3.05, 3.63) is 30.3 Å². The molecular formula is C10H13N3O2. The molecule has 1 aromatic carbocycles. The van der Waals surface area contributed by atoms with Crippen LogP contribution in [0.1, 0.15) is 0 Å². The Bertz CT molecular complexity index is 347. The monoisotopic (exact) mass is 207 g/mol. The highest BCUT2D eigenvalue weighted by Gasteiger charge is 2.38. The summed E-state index contributed by atoms with van der Waals surface area (Å²) in [5.74, 6) is -2.14. The first-order valence-electron chi connectivity index (χ1n) is 4.80. The van der Waals surface area contributed by atoms with Gasteiger partial charge in [-0.15, -0.1) is 0 Å². The Morgan fingerprint density at radius 2 is 1.87 bits per heavy atom. The normalized spacial score (nSPS) is 18.7. The molecule has 0 aliphatic carbocycles. The molecule has 0 spiro atoms. The number of para-hydroxylation sites is 1. The van der Waals surface area contributed by atoms with E-state index < -0.39 is 11.8 Å². The zero-order valence-electron chi connectivity index (χ0n) is 8.16. The molecule has 1 amide bonds. The summed E-state index contributed by atoms with van der Waals surface area (Å²) in [7, 11) is 0. The topological polar surface area (TPSA) is 73.4 Å². The van der Waals surface area contributed by atoms with Crippen molar-refractivity contribution in [2.45, 2.75) is 5.85 Å². The van der Waals surface area contributed by atoms with Crippen LogP contribution in [0, 0.1) is 0 Å². The predicted molar refractivity (Wildman–Crippen MR) is 56.0 cm³/mol. The van der Waals surface area contributed by atoms with Crippen LogP contribution in [-0.4, -0.2) is 30.0 Å². The predicted octanol–water partition coefficient (Wildman–Crippen LogP) is -0.536. The van der Waals surface area contributed by atoms with Crippen LogP contribution in [0.2, 0.25) is 0 Å². The van der Waals surface area contributed by atoms with Gasteiger partial charge in [0.25, 0.3) is 11.8 Å². The van der Waals surface area contributed by atoms with Gasteiger partial charge in [0.2, 0.25) is 0 Å². The van der Waals surface area contributed by atoms with Crippen LogP contribution in [0.25, 0.3) is 0 Å². The minimum atomic E-state index is -1.64. The molecule has 0 atom stereocenters. The fraction of sp³-hybridized carbons (Fsp3) is 0.300. The Morgan fingerprint density at radius 3 is 2.47 bits per heavy atom. The van der Waals surface area contributed by atoms with Crippen LogP contribution in [0.4, 0.5) is 5.69 Å². The molecule has 0 unspecified atom stereocenters. The number of amides is 1. The van der Waals surface area contributed by atoms with E-state index in [1.165, 1.54) is 0 Å². The van der Waals surface area contributed by atoms with E-state index in [2.05, 4.69) is 16.0 Å². The van der Waals surface area contributed by atoms with Crippen LogP contribution in [-0.2, 0) is 4.79 Å². The van der Waals surface area contributed by atoms with Gasteiger partial charge >= 0.3 is 0 Å². The lowest BCUT2D eigenvalue weighted by Gasteiger charge is -2.21. The van der Waals surface area contributed by atoms with E-state index in [1.54, 1.807) is 12.1 Å². The average molecular weight is 207 g/mol. The van der Waals surface area contributed by atoms with Gasteiger partial charge in [0.15, 0.2) is 0 Å². The Morgan fingerprint density at radius 1 is 1.27 bits per heavy atom. The third-order valence-corrected chi connectivity index (χ3v) is 2.25. The minimum absolute atomic E-state index is 0.494. The number of benzene rings is 1. The number of nitrogens with one attached hydrogen (secondary N) is 3. The van der Waals surface area contributed by atoms with Gasteiger partial charge in [0.1, 0.15) is 0 Å². The summed E-state index contributed by atoms with van der Waals surface area (Å²) in [5.41, 5.74) is 0.659. The summed E-state index contributed by atoms with van der Waals surface area (Å²) in [6.07, 6.45) is 0. The molecule has 1 saturated heterocycles. The lowest BCUT2D eigenvalue weighted by Crippen LogP contribution is -2.58. The smallest absolute Gasteiger partial charge is 0.288 e. The number of carbonyl (C=O) groups excluding carboxylic acids is 1. The van der Waals surface area contributed by atoms with Crippen LogP contribution in [0.15, 0.2) is 30.3 Å². The highest BCUT2D eigenvalue weighted by atomic mass is 16.3. The highest BCUT2D eigenvalue weighted by Crippen LogP contribution is 2.08. The standard InChI is InChI=1S/C10H13N3O2/c14-9(10(15)11-6-7-12-10)13-8-4-2-1-3-5-8/h1-5,11-12,15H,6-7H2,(H,13,14). The maximum Gasteiger partial charge on any atom is 0.288 e. The first kappa shape index (κ1) is 10.1. The summed E-state index contributed by atoms with van der Waals surface area (Å²) in [5, 5.41) is 17.8. The number of rotatable bonds is 2. The summed E-state index contributed by atoms with van der Waals surface area (Å²) in [4.78, 5) is 11.7. The Labute approximate surface area is 87.5 Å². The first-order chi connectivity index (χ1) is 7.21. The largest absolute Gasteiger partial charge is 0.356 e. The van der Waals surface area contributed by atoms with Crippen LogP contribution in [0.3, 0.4) is 0 Å². The molecule has 0 aromatic heterocycles. The molecule has 1 heterocycles. The van der Waals surface area contributed by atoms with E-state index in [-0.39, 0.29) is 0 Å². The average Bonchev–Trinajstić information content (AvgIpc) is 2.68. The second kappa shape index (κ2) is 3.98. The molecule has 2 rings (SSSR count). The van der Waals surface area contributed by atoms with E-state index in [0.717, 1.165) is 0 Å². The SMILES string of the molecule is O=C(Nc1ccccc1)C1(O)NCCN1. The van der Waals surface area contributed by atoms with Crippen molar-refractivity contribution >= 4 is 11.6 Å². The number of carbonyl (C=O) groups is 1. The zero-order valence-corrected chi connectivity index (χ0v) is 8.16. The Hall–Kier alpha value is -1.43. The number of hydrogen-bond acceptors (Lipinski definition) is 4. The Balaban J connectivity index is 2.04. The third kappa shape index (κ3) is 2.15. The van der Waals surface area contributed by atoms with E-state index >= 15 is 0 Å². The third-order valence-electron chi connectivity index (χ3n) is 2.25. The molecule has 5 heteroatoms. The molecular weight excluding hydrogens is 194 g/mol. The summed E-state index contributed by atoms with van der Waals surface area (Å²) in [6.45, 7) is 1.14. The summed E-state index contributed by atoms with van der Waals surface area (Å²) >= 11 is 0. The van der Waals surface area contributed by atoms with Gasteiger partial charge in [0, 0.05) is 18.8 Å². The van der Waals surface area contributed by atoms with Gasteiger partial charge in [-0.3, -0.25) is 15.4 Å². The van der Waals surface area contributed by atoms with Crippen molar-refractivity contribution in [2.75, 3.05) is 18.4 Å². The van der Waals surface area contributed by atoms with Crippen LogP contribution >= 0.6 is 0 Å². The van der Waals surface area contributed by atoms with Gasteiger partial charge < -0.3 is 10.4 Å². The molecule has 1 fully saturated rings.